The van der Waals surface area contributed by atoms with Gasteiger partial charge < -0.3 is 10.8 Å². The van der Waals surface area contributed by atoms with E-state index in [1.54, 1.807) is 0 Å². The minimum absolute atomic E-state index is 0.204. The van der Waals surface area contributed by atoms with Crippen LogP contribution in [0.25, 0.3) is 0 Å². The lowest BCUT2D eigenvalue weighted by atomic mass is 9.87. The molecule has 3 N–H and O–H groups in total. The molecule has 0 aliphatic rings. The van der Waals surface area contributed by atoms with Crippen molar-refractivity contribution >= 4 is 11.6 Å². The fourth-order valence-corrected chi connectivity index (χ4v) is 2.77. The molecule has 0 spiro atoms. The van der Waals surface area contributed by atoms with Gasteiger partial charge in [0.15, 0.2) is 0 Å². The molecule has 0 saturated carbocycles. The molecular weight excluding hydrogens is 270 g/mol. The molecule has 2 aromatic carbocycles. The molecule has 3 heteroatoms. The Kier molecular flexibility index (Phi) is 4.81. The van der Waals surface area contributed by atoms with Crippen LogP contribution >= 0.6 is 11.6 Å². The third-order valence-corrected chi connectivity index (χ3v) is 4.04. The number of nitrogens with two attached hydrogens (primary N) is 1. The van der Waals surface area contributed by atoms with E-state index in [4.69, 9.17) is 17.3 Å². The Balaban J connectivity index is 2.41. The van der Waals surface area contributed by atoms with E-state index in [0.717, 1.165) is 22.3 Å². The fraction of sp³-hybridized carbons (Fsp3) is 0.294. The third-order valence-electron chi connectivity index (χ3n) is 3.69. The summed E-state index contributed by atoms with van der Waals surface area (Å²) in [6, 6.07) is 13.6. The highest BCUT2D eigenvalue weighted by Crippen LogP contribution is 2.35. The summed E-state index contributed by atoms with van der Waals surface area (Å²) in [6.07, 6.45) is -0.653. The molecule has 0 aliphatic carbocycles. The van der Waals surface area contributed by atoms with E-state index in [1.807, 2.05) is 56.3 Å². The minimum Gasteiger partial charge on any atom is -0.388 e. The van der Waals surface area contributed by atoms with Crippen LogP contribution in [0, 0.1) is 13.8 Å². The van der Waals surface area contributed by atoms with E-state index in [1.165, 1.54) is 0 Å². The number of halogens is 1. The van der Waals surface area contributed by atoms with Crippen LogP contribution in [0.5, 0.6) is 0 Å². The lowest BCUT2D eigenvalue weighted by molar-refractivity contribution is 0.146. The largest absolute Gasteiger partial charge is 0.388 e. The van der Waals surface area contributed by atoms with Crippen LogP contribution in [0.4, 0.5) is 0 Å². The van der Waals surface area contributed by atoms with Gasteiger partial charge in [0.25, 0.3) is 0 Å². The zero-order valence-electron chi connectivity index (χ0n) is 11.8. The SMILES string of the molecule is Cc1ccc(C)c(C(O)C(CN)c2ccccc2Cl)c1. The topological polar surface area (TPSA) is 46.2 Å². The lowest BCUT2D eigenvalue weighted by Crippen LogP contribution is -2.21. The monoisotopic (exact) mass is 289 g/mol. The van der Waals surface area contributed by atoms with Gasteiger partial charge in [-0.15, -0.1) is 0 Å². The highest BCUT2D eigenvalue weighted by atomic mass is 35.5. The summed E-state index contributed by atoms with van der Waals surface area (Å²) in [7, 11) is 0. The molecule has 20 heavy (non-hydrogen) atoms. The van der Waals surface area contributed by atoms with E-state index in [2.05, 4.69) is 0 Å². The smallest absolute Gasteiger partial charge is 0.0873 e. The Bertz CT molecular complexity index is 597. The van der Waals surface area contributed by atoms with E-state index in [0.29, 0.717) is 11.6 Å². The molecule has 2 aromatic rings. The maximum atomic E-state index is 10.7. The summed E-state index contributed by atoms with van der Waals surface area (Å²) in [5, 5.41) is 11.4. The molecule has 2 atom stereocenters. The zero-order valence-corrected chi connectivity index (χ0v) is 12.6. The van der Waals surface area contributed by atoms with Crippen molar-refractivity contribution in [2.45, 2.75) is 25.9 Å². The normalized spacial score (nSPS) is 14.1. The number of hydrogen-bond acceptors (Lipinski definition) is 2. The highest BCUT2D eigenvalue weighted by molar-refractivity contribution is 6.31. The summed E-state index contributed by atoms with van der Waals surface area (Å²) in [4.78, 5) is 0. The Morgan fingerprint density at radius 2 is 1.80 bits per heavy atom. The van der Waals surface area contributed by atoms with Crippen LogP contribution in [0.15, 0.2) is 42.5 Å². The molecule has 2 unspecified atom stereocenters. The zero-order chi connectivity index (χ0) is 14.7. The molecule has 0 bridgehead atoms. The van der Waals surface area contributed by atoms with Crippen LogP contribution < -0.4 is 5.73 Å². The van der Waals surface area contributed by atoms with E-state index in [9.17, 15) is 5.11 Å². The number of benzene rings is 2. The van der Waals surface area contributed by atoms with E-state index < -0.39 is 6.10 Å². The predicted molar refractivity (Wildman–Crippen MR) is 84.1 cm³/mol. The molecule has 0 saturated heterocycles. The Morgan fingerprint density at radius 3 is 2.45 bits per heavy atom. The fourth-order valence-electron chi connectivity index (χ4n) is 2.50. The van der Waals surface area contributed by atoms with Crippen molar-refractivity contribution in [2.24, 2.45) is 5.73 Å². The number of hydrogen-bond donors (Lipinski definition) is 2. The van der Waals surface area contributed by atoms with Crippen molar-refractivity contribution in [2.75, 3.05) is 6.54 Å². The highest BCUT2D eigenvalue weighted by Gasteiger charge is 2.24. The van der Waals surface area contributed by atoms with Crippen LogP contribution in [0.1, 0.15) is 34.3 Å². The quantitative estimate of drug-likeness (QED) is 0.901. The molecule has 0 aromatic heterocycles. The van der Waals surface area contributed by atoms with Crippen LogP contribution in [0.2, 0.25) is 5.02 Å². The molecule has 2 rings (SSSR count). The first-order valence-electron chi connectivity index (χ1n) is 6.74. The van der Waals surface area contributed by atoms with Gasteiger partial charge in [-0.1, -0.05) is 53.6 Å². The minimum atomic E-state index is -0.653. The Labute approximate surface area is 125 Å². The molecule has 0 aliphatic heterocycles. The first kappa shape index (κ1) is 15.0. The second kappa shape index (κ2) is 6.40. The summed E-state index contributed by atoms with van der Waals surface area (Å²) < 4.78 is 0. The first-order chi connectivity index (χ1) is 9.54. The first-order valence-corrected chi connectivity index (χ1v) is 7.12. The molecule has 0 heterocycles. The van der Waals surface area contributed by atoms with Gasteiger partial charge >= 0.3 is 0 Å². The second-order valence-corrected chi connectivity index (χ2v) is 5.58. The molecule has 2 nitrogen and oxygen atoms in total. The van der Waals surface area contributed by atoms with Gasteiger partial charge in [0, 0.05) is 17.5 Å². The summed E-state index contributed by atoms with van der Waals surface area (Å²) in [6.45, 7) is 4.36. The number of aliphatic hydroxyl groups excluding tert-OH is 1. The van der Waals surface area contributed by atoms with Crippen LogP contribution in [-0.4, -0.2) is 11.7 Å². The van der Waals surface area contributed by atoms with Gasteiger partial charge in [0.2, 0.25) is 0 Å². The molecule has 0 radical (unpaired) electrons. The summed E-state index contributed by atoms with van der Waals surface area (Å²) in [5.74, 6) is -0.204. The molecule has 0 amide bonds. The van der Waals surface area contributed by atoms with Gasteiger partial charge in [-0.25, -0.2) is 0 Å². The van der Waals surface area contributed by atoms with Crippen molar-refractivity contribution in [1.29, 1.82) is 0 Å². The standard InChI is InChI=1S/C17H20ClNO/c1-11-7-8-12(2)14(9-11)17(20)15(10-19)13-5-3-4-6-16(13)18/h3-9,15,17,20H,10,19H2,1-2H3. The number of aliphatic hydroxyl groups is 1. The second-order valence-electron chi connectivity index (χ2n) is 5.17. The van der Waals surface area contributed by atoms with E-state index in [-0.39, 0.29) is 5.92 Å². The average Bonchev–Trinajstić information content (AvgIpc) is 2.44. The van der Waals surface area contributed by atoms with Gasteiger partial charge in [0.05, 0.1) is 6.10 Å². The van der Waals surface area contributed by atoms with Crippen LogP contribution in [0.3, 0.4) is 0 Å². The summed E-state index contributed by atoms with van der Waals surface area (Å²) in [5.41, 5.74) is 9.88. The van der Waals surface area contributed by atoms with Gasteiger partial charge in [-0.2, -0.15) is 0 Å². The Hall–Kier alpha value is -1.35. The van der Waals surface area contributed by atoms with Crippen molar-refractivity contribution in [3.8, 4) is 0 Å². The maximum absolute atomic E-state index is 10.7. The van der Waals surface area contributed by atoms with Gasteiger partial charge in [-0.05, 0) is 36.6 Å². The molecule has 106 valence electrons. The number of rotatable bonds is 4. The van der Waals surface area contributed by atoms with Gasteiger partial charge in [-0.3, -0.25) is 0 Å². The summed E-state index contributed by atoms with van der Waals surface area (Å²) >= 11 is 6.23. The third kappa shape index (κ3) is 3.04. The van der Waals surface area contributed by atoms with Gasteiger partial charge in [0.1, 0.15) is 0 Å². The van der Waals surface area contributed by atoms with E-state index >= 15 is 0 Å². The van der Waals surface area contributed by atoms with Crippen molar-refractivity contribution < 1.29 is 5.11 Å². The average molecular weight is 290 g/mol. The maximum Gasteiger partial charge on any atom is 0.0873 e. The van der Waals surface area contributed by atoms with Crippen molar-refractivity contribution in [3.63, 3.8) is 0 Å². The predicted octanol–water partition coefficient (Wildman–Crippen LogP) is 3.73. The molecular formula is C17H20ClNO. The Morgan fingerprint density at radius 1 is 1.10 bits per heavy atom. The van der Waals surface area contributed by atoms with Crippen molar-refractivity contribution in [3.05, 3.63) is 69.7 Å². The lowest BCUT2D eigenvalue weighted by Gasteiger charge is -2.24. The number of aryl methyl sites for hydroxylation is 2. The molecule has 0 fully saturated rings. The van der Waals surface area contributed by atoms with Crippen molar-refractivity contribution in [1.82, 2.24) is 0 Å². The van der Waals surface area contributed by atoms with Crippen LogP contribution in [-0.2, 0) is 0 Å².